The van der Waals surface area contributed by atoms with E-state index in [0.717, 1.165) is 18.9 Å². The number of benzene rings is 1. The van der Waals surface area contributed by atoms with Crippen LogP contribution in [0.25, 0.3) is 0 Å². The molecule has 0 amide bonds. The lowest BCUT2D eigenvalue weighted by Crippen LogP contribution is -2.45. The maximum Gasteiger partial charge on any atom is 0.320 e. The fourth-order valence-corrected chi connectivity index (χ4v) is 2.69. The van der Waals surface area contributed by atoms with Gasteiger partial charge in [-0.05, 0) is 44.0 Å². The normalized spacial score (nSPS) is 22.2. The number of hydrogen-bond donors (Lipinski definition) is 1. The predicted molar refractivity (Wildman–Crippen MR) is 66.8 cm³/mol. The van der Waals surface area contributed by atoms with Crippen molar-refractivity contribution in [1.29, 1.82) is 0 Å². The number of hydrogen-bond acceptors (Lipinski definition) is 2. The molecule has 3 nitrogen and oxygen atoms in total. The molecule has 1 saturated heterocycles. The van der Waals surface area contributed by atoms with Gasteiger partial charge in [-0.3, -0.25) is 9.69 Å². The number of likely N-dealkylation sites (tertiary alicyclic amines) is 1. The van der Waals surface area contributed by atoms with Gasteiger partial charge in [0, 0.05) is 12.1 Å². The van der Waals surface area contributed by atoms with Crippen molar-refractivity contribution >= 4 is 5.97 Å². The lowest BCUT2D eigenvalue weighted by molar-refractivity contribution is -0.145. The zero-order valence-electron chi connectivity index (χ0n) is 10.8. The van der Waals surface area contributed by atoms with Gasteiger partial charge in [-0.1, -0.05) is 6.42 Å². The third kappa shape index (κ3) is 3.10. The van der Waals surface area contributed by atoms with Crippen LogP contribution < -0.4 is 0 Å². The minimum atomic E-state index is -0.872. The summed E-state index contributed by atoms with van der Waals surface area (Å²) in [7, 11) is 0. The van der Waals surface area contributed by atoms with E-state index >= 15 is 0 Å². The molecular formula is C14H17F2NO2. The van der Waals surface area contributed by atoms with E-state index < -0.39 is 23.6 Å². The molecule has 1 N–H and O–H groups in total. The summed E-state index contributed by atoms with van der Waals surface area (Å²) in [6.07, 6.45) is 2.36. The summed E-state index contributed by atoms with van der Waals surface area (Å²) in [5.74, 6) is -2.14. The van der Waals surface area contributed by atoms with Gasteiger partial charge in [0.15, 0.2) is 0 Å². The third-order valence-electron chi connectivity index (χ3n) is 3.69. The number of carboxylic acid groups (broad SMARTS) is 1. The lowest BCUT2D eigenvalue weighted by atomic mass is 9.97. The van der Waals surface area contributed by atoms with Gasteiger partial charge in [-0.2, -0.15) is 0 Å². The van der Waals surface area contributed by atoms with Crippen LogP contribution in [0.2, 0.25) is 0 Å². The van der Waals surface area contributed by atoms with Gasteiger partial charge in [0.2, 0.25) is 0 Å². The second kappa shape index (κ2) is 5.65. The second-order valence-electron chi connectivity index (χ2n) is 4.97. The summed E-state index contributed by atoms with van der Waals surface area (Å²) in [6.45, 7) is 2.42. The summed E-state index contributed by atoms with van der Waals surface area (Å²) >= 11 is 0. The standard InChI is InChI=1S/C14H17F2NO2/c1-9(10-6-11(15)8-12(16)7-10)17-5-3-2-4-13(17)14(18)19/h6-9,13H,2-5H2,1H3,(H,18,19). The Morgan fingerprint density at radius 1 is 1.32 bits per heavy atom. The van der Waals surface area contributed by atoms with Gasteiger partial charge in [-0.25, -0.2) is 8.78 Å². The Balaban J connectivity index is 2.25. The molecule has 1 aromatic rings. The monoisotopic (exact) mass is 269 g/mol. The Kier molecular flexibility index (Phi) is 4.14. The van der Waals surface area contributed by atoms with Gasteiger partial charge in [0.05, 0.1) is 0 Å². The fraction of sp³-hybridized carbons (Fsp3) is 0.500. The molecular weight excluding hydrogens is 252 g/mol. The lowest BCUT2D eigenvalue weighted by Gasteiger charge is -2.37. The van der Waals surface area contributed by atoms with Gasteiger partial charge < -0.3 is 5.11 Å². The first-order valence-corrected chi connectivity index (χ1v) is 6.43. The van der Waals surface area contributed by atoms with E-state index in [-0.39, 0.29) is 6.04 Å². The number of carbonyl (C=O) groups is 1. The summed E-state index contributed by atoms with van der Waals surface area (Å²) in [5.41, 5.74) is 0.477. The van der Waals surface area contributed by atoms with Crippen LogP contribution in [0.5, 0.6) is 0 Å². The molecule has 5 heteroatoms. The van der Waals surface area contributed by atoms with Gasteiger partial charge >= 0.3 is 5.97 Å². The fourth-order valence-electron chi connectivity index (χ4n) is 2.69. The molecule has 0 saturated carbocycles. The zero-order chi connectivity index (χ0) is 14.0. The number of halogens is 2. The van der Waals surface area contributed by atoms with Gasteiger partial charge in [0.1, 0.15) is 17.7 Å². The predicted octanol–water partition coefficient (Wildman–Crippen LogP) is 2.96. The van der Waals surface area contributed by atoms with E-state index in [4.69, 9.17) is 0 Å². The minimum Gasteiger partial charge on any atom is -0.480 e. The highest BCUT2D eigenvalue weighted by Gasteiger charge is 2.32. The Labute approximate surface area is 110 Å². The first-order chi connectivity index (χ1) is 8.99. The van der Waals surface area contributed by atoms with Crippen LogP contribution in [-0.2, 0) is 4.79 Å². The average Bonchev–Trinajstić information content (AvgIpc) is 2.36. The highest BCUT2D eigenvalue weighted by molar-refractivity contribution is 5.73. The van der Waals surface area contributed by atoms with Crippen LogP contribution in [0.1, 0.15) is 37.8 Å². The molecule has 1 heterocycles. The van der Waals surface area contributed by atoms with Crippen LogP contribution in [0.15, 0.2) is 18.2 Å². The van der Waals surface area contributed by atoms with E-state index in [9.17, 15) is 18.7 Å². The van der Waals surface area contributed by atoms with Crippen LogP contribution in [0.4, 0.5) is 8.78 Å². The maximum atomic E-state index is 13.2. The number of aliphatic carboxylic acids is 1. The molecule has 0 bridgehead atoms. The third-order valence-corrected chi connectivity index (χ3v) is 3.69. The molecule has 1 aromatic carbocycles. The summed E-state index contributed by atoms with van der Waals surface area (Å²) in [4.78, 5) is 13.1. The second-order valence-corrected chi connectivity index (χ2v) is 4.97. The average molecular weight is 269 g/mol. The van der Waals surface area contributed by atoms with Crippen molar-refractivity contribution in [3.8, 4) is 0 Å². The van der Waals surface area contributed by atoms with Crippen LogP contribution in [-0.4, -0.2) is 28.6 Å². The molecule has 0 aromatic heterocycles. The molecule has 0 radical (unpaired) electrons. The van der Waals surface area contributed by atoms with Crippen molar-refractivity contribution in [3.05, 3.63) is 35.4 Å². The van der Waals surface area contributed by atoms with E-state index in [1.54, 1.807) is 11.8 Å². The van der Waals surface area contributed by atoms with Crippen molar-refractivity contribution in [2.24, 2.45) is 0 Å². The Bertz CT molecular complexity index is 458. The van der Waals surface area contributed by atoms with Crippen LogP contribution in [0.3, 0.4) is 0 Å². The molecule has 2 atom stereocenters. The van der Waals surface area contributed by atoms with Crippen molar-refractivity contribution in [3.63, 3.8) is 0 Å². The number of rotatable bonds is 3. The first-order valence-electron chi connectivity index (χ1n) is 6.43. The first kappa shape index (κ1) is 13.9. The van der Waals surface area contributed by atoms with Crippen molar-refractivity contribution in [2.45, 2.75) is 38.3 Å². The smallest absolute Gasteiger partial charge is 0.320 e. The molecule has 0 aliphatic carbocycles. The molecule has 2 rings (SSSR count). The van der Waals surface area contributed by atoms with Gasteiger partial charge in [-0.15, -0.1) is 0 Å². The topological polar surface area (TPSA) is 40.5 Å². The number of piperidine rings is 1. The highest BCUT2D eigenvalue weighted by Crippen LogP contribution is 2.29. The SMILES string of the molecule is CC(c1cc(F)cc(F)c1)N1CCCCC1C(=O)O. The molecule has 1 aliphatic rings. The largest absolute Gasteiger partial charge is 0.480 e. The Hall–Kier alpha value is -1.49. The van der Waals surface area contributed by atoms with E-state index in [0.29, 0.717) is 18.5 Å². The molecule has 1 aliphatic heterocycles. The molecule has 0 spiro atoms. The Morgan fingerprint density at radius 3 is 2.53 bits per heavy atom. The summed E-state index contributed by atoms with van der Waals surface area (Å²) in [5, 5.41) is 9.22. The zero-order valence-corrected chi connectivity index (χ0v) is 10.8. The molecule has 2 unspecified atom stereocenters. The van der Waals surface area contributed by atoms with Gasteiger partial charge in [0.25, 0.3) is 0 Å². The van der Waals surface area contributed by atoms with Crippen molar-refractivity contribution in [2.75, 3.05) is 6.54 Å². The molecule has 104 valence electrons. The minimum absolute atomic E-state index is 0.313. The van der Waals surface area contributed by atoms with E-state index in [1.807, 2.05) is 0 Å². The quantitative estimate of drug-likeness (QED) is 0.917. The molecule has 1 fully saturated rings. The maximum absolute atomic E-state index is 13.2. The van der Waals surface area contributed by atoms with Crippen LogP contribution in [0, 0.1) is 11.6 Å². The van der Waals surface area contributed by atoms with E-state index in [1.165, 1.54) is 12.1 Å². The van der Waals surface area contributed by atoms with Crippen molar-refractivity contribution < 1.29 is 18.7 Å². The molecule has 19 heavy (non-hydrogen) atoms. The number of nitrogens with zero attached hydrogens (tertiary/aromatic N) is 1. The Morgan fingerprint density at radius 2 is 1.95 bits per heavy atom. The van der Waals surface area contributed by atoms with Crippen LogP contribution >= 0.6 is 0 Å². The highest BCUT2D eigenvalue weighted by atomic mass is 19.1. The summed E-state index contributed by atoms with van der Waals surface area (Å²) in [6, 6.07) is 2.46. The summed E-state index contributed by atoms with van der Waals surface area (Å²) < 4.78 is 26.5. The van der Waals surface area contributed by atoms with E-state index in [2.05, 4.69) is 0 Å². The van der Waals surface area contributed by atoms with Crippen molar-refractivity contribution in [1.82, 2.24) is 4.90 Å². The number of carboxylic acids is 1.